The maximum absolute atomic E-state index is 13.2. The first kappa shape index (κ1) is 16.0. The summed E-state index contributed by atoms with van der Waals surface area (Å²) < 4.78 is 5.41. The van der Waals surface area contributed by atoms with Gasteiger partial charge in [0.2, 0.25) is 0 Å². The Hall–Kier alpha value is -1.35. The second kappa shape index (κ2) is 6.61. The lowest BCUT2D eigenvalue weighted by Crippen LogP contribution is -2.54. The molecule has 1 atom stereocenters. The lowest BCUT2D eigenvalue weighted by atomic mass is 9.84. The van der Waals surface area contributed by atoms with Gasteiger partial charge in [-0.25, -0.2) is 0 Å². The maximum Gasteiger partial charge on any atom is 0.186 e. The Labute approximate surface area is 128 Å². The normalized spacial score (nSPS) is 19.0. The van der Waals surface area contributed by atoms with E-state index in [4.69, 9.17) is 4.74 Å². The first-order valence-corrected chi connectivity index (χ1v) is 7.97. The van der Waals surface area contributed by atoms with E-state index in [1.54, 1.807) is 7.11 Å². The van der Waals surface area contributed by atoms with Gasteiger partial charge in [-0.15, -0.1) is 0 Å². The van der Waals surface area contributed by atoms with E-state index in [1.807, 2.05) is 25.1 Å². The second-order valence-electron chi connectivity index (χ2n) is 6.21. The molecule has 1 aliphatic rings. The van der Waals surface area contributed by atoms with Crippen LogP contribution in [-0.2, 0) is 0 Å². The Kier molecular flexibility index (Phi) is 5.04. The molecule has 1 aromatic rings. The van der Waals surface area contributed by atoms with Gasteiger partial charge in [0.15, 0.2) is 5.78 Å². The molecule has 1 saturated heterocycles. The van der Waals surface area contributed by atoms with E-state index < -0.39 is 5.54 Å². The summed E-state index contributed by atoms with van der Waals surface area (Å²) in [6.07, 6.45) is 4.48. The molecule has 3 nitrogen and oxygen atoms in total. The molecule has 0 radical (unpaired) electrons. The quantitative estimate of drug-likeness (QED) is 0.771. The number of ether oxygens (including phenoxy) is 1. The summed E-state index contributed by atoms with van der Waals surface area (Å²) in [6.45, 7) is 8.24. The van der Waals surface area contributed by atoms with Crippen molar-refractivity contribution in [1.82, 2.24) is 4.90 Å². The van der Waals surface area contributed by atoms with E-state index in [-0.39, 0.29) is 5.78 Å². The lowest BCUT2D eigenvalue weighted by molar-refractivity contribution is 0.0502. The van der Waals surface area contributed by atoms with Crippen LogP contribution in [0.25, 0.3) is 0 Å². The summed E-state index contributed by atoms with van der Waals surface area (Å²) >= 11 is 0. The van der Waals surface area contributed by atoms with Crippen molar-refractivity contribution in [2.24, 2.45) is 0 Å². The Morgan fingerprint density at radius 2 is 1.95 bits per heavy atom. The minimum atomic E-state index is -0.429. The number of carbonyl (C=O) groups excluding carboxylic acids is 1. The molecule has 21 heavy (non-hydrogen) atoms. The van der Waals surface area contributed by atoms with E-state index in [9.17, 15) is 4.79 Å². The molecule has 0 N–H and O–H groups in total. The molecule has 116 valence electrons. The van der Waals surface area contributed by atoms with Gasteiger partial charge in [-0.3, -0.25) is 9.69 Å². The molecular formula is C18H27NO2. The molecule has 2 rings (SSSR count). The van der Waals surface area contributed by atoms with E-state index in [1.165, 1.54) is 19.3 Å². The minimum absolute atomic E-state index is 0.187. The number of hydrogen-bond acceptors (Lipinski definition) is 3. The lowest BCUT2D eigenvalue weighted by Gasteiger charge is -2.42. The zero-order valence-electron chi connectivity index (χ0n) is 13.7. The molecule has 1 fully saturated rings. The highest BCUT2D eigenvalue weighted by atomic mass is 16.5. The standard InChI is InChI=1S/C18H27NO2/c1-5-18(3,19-11-7-6-8-12-19)17(20)15-13-14(2)9-10-16(15)21-4/h9-10,13H,5-8,11-12H2,1-4H3. The highest BCUT2D eigenvalue weighted by Crippen LogP contribution is 2.31. The van der Waals surface area contributed by atoms with Gasteiger partial charge in [0, 0.05) is 0 Å². The van der Waals surface area contributed by atoms with Crippen molar-refractivity contribution < 1.29 is 9.53 Å². The number of ketones is 1. The van der Waals surface area contributed by atoms with Crippen LogP contribution in [0, 0.1) is 6.92 Å². The van der Waals surface area contributed by atoms with Crippen LogP contribution >= 0.6 is 0 Å². The fourth-order valence-electron chi connectivity index (χ4n) is 3.20. The molecule has 0 saturated carbocycles. The third-order valence-corrected chi connectivity index (χ3v) is 4.83. The molecule has 0 aliphatic carbocycles. The topological polar surface area (TPSA) is 29.5 Å². The summed E-state index contributed by atoms with van der Waals surface area (Å²) in [4.78, 5) is 15.6. The monoisotopic (exact) mass is 289 g/mol. The Balaban J connectivity index is 2.37. The third-order valence-electron chi connectivity index (χ3n) is 4.83. The van der Waals surface area contributed by atoms with Crippen LogP contribution in [0.5, 0.6) is 5.75 Å². The van der Waals surface area contributed by atoms with Crippen molar-refractivity contribution in [2.75, 3.05) is 20.2 Å². The van der Waals surface area contributed by atoms with Crippen LogP contribution in [0.2, 0.25) is 0 Å². The van der Waals surface area contributed by atoms with Gasteiger partial charge in [-0.05, 0) is 58.3 Å². The van der Waals surface area contributed by atoms with Crippen molar-refractivity contribution in [3.05, 3.63) is 29.3 Å². The smallest absolute Gasteiger partial charge is 0.186 e. The number of nitrogens with zero attached hydrogens (tertiary/aromatic N) is 1. The number of rotatable bonds is 5. The number of carbonyl (C=O) groups is 1. The summed E-state index contributed by atoms with van der Waals surface area (Å²) in [7, 11) is 1.63. The number of piperidine rings is 1. The average molecular weight is 289 g/mol. The predicted octanol–water partition coefficient (Wildman–Crippen LogP) is 3.84. The minimum Gasteiger partial charge on any atom is -0.496 e. The van der Waals surface area contributed by atoms with Gasteiger partial charge >= 0.3 is 0 Å². The summed E-state index contributed by atoms with van der Waals surface area (Å²) in [5.41, 5.74) is 1.38. The Bertz CT molecular complexity index is 506. The molecule has 0 bridgehead atoms. The van der Waals surface area contributed by atoms with E-state index in [2.05, 4.69) is 18.7 Å². The first-order chi connectivity index (χ1) is 10.0. The molecule has 0 amide bonds. The van der Waals surface area contributed by atoms with Gasteiger partial charge in [-0.1, -0.05) is 25.0 Å². The largest absolute Gasteiger partial charge is 0.496 e. The number of hydrogen-bond donors (Lipinski definition) is 0. The number of aryl methyl sites for hydroxylation is 1. The first-order valence-electron chi connectivity index (χ1n) is 7.97. The summed E-state index contributed by atoms with van der Waals surface area (Å²) in [6, 6.07) is 5.84. The van der Waals surface area contributed by atoms with Crippen molar-refractivity contribution in [3.63, 3.8) is 0 Å². The number of Topliss-reactive ketones (excluding diaryl/α,β-unsaturated/α-hetero) is 1. The highest BCUT2D eigenvalue weighted by molar-refractivity contribution is 6.05. The fraction of sp³-hybridized carbons (Fsp3) is 0.611. The molecule has 1 aromatic carbocycles. The van der Waals surface area contributed by atoms with E-state index in [0.29, 0.717) is 11.3 Å². The average Bonchev–Trinajstić information content (AvgIpc) is 2.54. The van der Waals surface area contributed by atoms with Crippen LogP contribution in [0.15, 0.2) is 18.2 Å². The Morgan fingerprint density at radius 3 is 2.52 bits per heavy atom. The molecule has 0 aromatic heterocycles. The molecular weight excluding hydrogens is 262 g/mol. The predicted molar refractivity (Wildman–Crippen MR) is 86.2 cm³/mol. The van der Waals surface area contributed by atoms with Crippen molar-refractivity contribution in [2.45, 2.75) is 52.0 Å². The van der Waals surface area contributed by atoms with Gasteiger partial charge in [-0.2, -0.15) is 0 Å². The van der Waals surface area contributed by atoms with Crippen LogP contribution < -0.4 is 4.74 Å². The Morgan fingerprint density at radius 1 is 1.29 bits per heavy atom. The molecule has 3 heteroatoms. The van der Waals surface area contributed by atoms with Gasteiger partial charge < -0.3 is 4.74 Å². The highest BCUT2D eigenvalue weighted by Gasteiger charge is 2.39. The van der Waals surface area contributed by atoms with Crippen molar-refractivity contribution >= 4 is 5.78 Å². The number of likely N-dealkylation sites (tertiary alicyclic amines) is 1. The van der Waals surface area contributed by atoms with E-state index >= 15 is 0 Å². The van der Waals surface area contributed by atoms with Crippen LogP contribution in [0.3, 0.4) is 0 Å². The molecule has 1 heterocycles. The summed E-state index contributed by atoms with van der Waals surface area (Å²) in [5, 5.41) is 0. The van der Waals surface area contributed by atoms with Crippen LogP contribution in [-0.4, -0.2) is 36.4 Å². The van der Waals surface area contributed by atoms with Gasteiger partial charge in [0.05, 0.1) is 18.2 Å². The second-order valence-corrected chi connectivity index (χ2v) is 6.21. The SMILES string of the molecule is CCC(C)(C(=O)c1cc(C)ccc1OC)N1CCCCC1. The van der Waals surface area contributed by atoms with Gasteiger partial charge in [0.1, 0.15) is 5.75 Å². The zero-order valence-corrected chi connectivity index (χ0v) is 13.7. The van der Waals surface area contributed by atoms with Crippen LogP contribution in [0.4, 0.5) is 0 Å². The number of benzene rings is 1. The fourth-order valence-corrected chi connectivity index (χ4v) is 3.20. The zero-order chi connectivity index (χ0) is 15.5. The molecule has 1 unspecified atom stereocenters. The van der Waals surface area contributed by atoms with Crippen molar-refractivity contribution in [3.8, 4) is 5.75 Å². The summed E-state index contributed by atoms with van der Waals surface area (Å²) in [5.74, 6) is 0.870. The van der Waals surface area contributed by atoms with Crippen LogP contribution in [0.1, 0.15) is 55.5 Å². The maximum atomic E-state index is 13.2. The molecule has 0 spiro atoms. The molecule has 1 aliphatic heterocycles. The van der Waals surface area contributed by atoms with Gasteiger partial charge in [0.25, 0.3) is 0 Å². The number of methoxy groups -OCH3 is 1. The third kappa shape index (κ3) is 3.13. The van der Waals surface area contributed by atoms with Crippen molar-refractivity contribution in [1.29, 1.82) is 0 Å². The van der Waals surface area contributed by atoms with E-state index in [0.717, 1.165) is 25.1 Å².